The van der Waals surface area contributed by atoms with Gasteiger partial charge in [0.1, 0.15) is 18.0 Å². The third-order valence-corrected chi connectivity index (χ3v) is 4.35. The highest BCUT2D eigenvalue weighted by atomic mass is 79.9. The summed E-state index contributed by atoms with van der Waals surface area (Å²) in [6, 6.07) is 2.05. The number of hydrogen-bond donors (Lipinski definition) is 2. The van der Waals surface area contributed by atoms with Gasteiger partial charge >= 0.3 is 0 Å². The summed E-state index contributed by atoms with van der Waals surface area (Å²) < 4.78 is 1.13. The predicted molar refractivity (Wildman–Crippen MR) is 75.7 cm³/mol. The largest absolute Gasteiger partial charge is 0.373 e. The average molecular weight is 313 g/mol. The summed E-state index contributed by atoms with van der Waals surface area (Å²) in [5, 5.41) is 8.43. The van der Waals surface area contributed by atoms with E-state index < -0.39 is 0 Å². The summed E-state index contributed by atoms with van der Waals surface area (Å²) >= 11 is 5.23. The number of rotatable bonds is 4. The number of nitrogens with one attached hydrogen (secondary N) is 2. The van der Waals surface area contributed by atoms with Crippen molar-refractivity contribution in [2.45, 2.75) is 13.5 Å². The topological polar surface area (TPSA) is 49.8 Å². The molecule has 0 bridgehead atoms. The Morgan fingerprint density at radius 2 is 2.12 bits per heavy atom. The van der Waals surface area contributed by atoms with Crippen LogP contribution in [0.4, 0.5) is 11.6 Å². The summed E-state index contributed by atoms with van der Waals surface area (Å²) in [6.07, 6.45) is 1.56. The maximum Gasteiger partial charge on any atom is 0.134 e. The van der Waals surface area contributed by atoms with Crippen LogP contribution < -0.4 is 10.6 Å². The predicted octanol–water partition coefficient (Wildman–Crippen LogP) is 3.26. The normalized spacial score (nSPS) is 10.3. The van der Waals surface area contributed by atoms with E-state index in [1.54, 1.807) is 17.7 Å². The van der Waals surface area contributed by atoms with Gasteiger partial charge in [-0.3, -0.25) is 0 Å². The quantitative estimate of drug-likeness (QED) is 0.909. The van der Waals surface area contributed by atoms with Gasteiger partial charge in [-0.2, -0.15) is 0 Å². The maximum absolute atomic E-state index is 4.24. The smallest absolute Gasteiger partial charge is 0.134 e. The van der Waals surface area contributed by atoms with Crippen LogP contribution in [0.2, 0.25) is 0 Å². The minimum Gasteiger partial charge on any atom is -0.373 e. The molecule has 4 nitrogen and oxygen atoms in total. The van der Waals surface area contributed by atoms with E-state index in [2.05, 4.69) is 41.9 Å². The van der Waals surface area contributed by atoms with Gasteiger partial charge in [0, 0.05) is 22.0 Å². The number of halogens is 1. The van der Waals surface area contributed by atoms with E-state index in [1.807, 2.05) is 20.0 Å². The first-order valence-corrected chi connectivity index (χ1v) is 6.84. The van der Waals surface area contributed by atoms with Gasteiger partial charge in [-0.25, -0.2) is 9.97 Å². The summed E-state index contributed by atoms with van der Waals surface area (Å²) in [7, 11) is 1.86. The maximum atomic E-state index is 4.24. The Bertz CT molecular complexity index is 512. The molecule has 2 aromatic rings. The summed E-state index contributed by atoms with van der Waals surface area (Å²) in [5.74, 6) is 1.72. The van der Waals surface area contributed by atoms with Crippen molar-refractivity contribution < 1.29 is 0 Å². The molecule has 2 rings (SSSR count). The highest BCUT2D eigenvalue weighted by molar-refractivity contribution is 9.10. The molecule has 0 fully saturated rings. The van der Waals surface area contributed by atoms with Crippen LogP contribution in [0.15, 0.2) is 22.2 Å². The zero-order chi connectivity index (χ0) is 12.3. The highest BCUT2D eigenvalue weighted by Crippen LogP contribution is 2.24. The Hall–Kier alpha value is -1.14. The molecule has 0 spiro atoms. The van der Waals surface area contributed by atoms with Gasteiger partial charge in [0.2, 0.25) is 0 Å². The molecule has 6 heteroatoms. The van der Waals surface area contributed by atoms with Crippen molar-refractivity contribution in [3.63, 3.8) is 0 Å². The Balaban J connectivity index is 2.12. The minimum absolute atomic E-state index is 0.763. The van der Waals surface area contributed by atoms with E-state index >= 15 is 0 Å². The van der Waals surface area contributed by atoms with E-state index in [1.165, 1.54) is 4.88 Å². The second kappa shape index (κ2) is 5.46. The number of thiophene rings is 1. The van der Waals surface area contributed by atoms with Crippen LogP contribution in [-0.2, 0) is 6.54 Å². The van der Waals surface area contributed by atoms with Crippen molar-refractivity contribution in [1.82, 2.24) is 9.97 Å². The molecular formula is C11H13BrN4S. The lowest BCUT2D eigenvalue weighted by molar-refractivity contribution is 1.07. The van der Waals surface area contributed by atoms with Crippen molar-refractivity contribution in [2.75, 3.05) is 17.7 Å². The third-order valence-electron chi connectivity index (χ3n) is 2.43. The second-order valence-electron chi connectivity index (χ2n) is 3.49. The van der Waals surface area contributed by atoms with Crippen LogP contribution in [0.5, 0.6) is 0 Å². The van der Waals surface area contributed by atoms with Gasteiger partial charge in [0.05, 0.1) is 6.54 Å². The summed E-state index contributed by atoms with van der Waals surface area (Å²) in [6.45, 7) is 2.76. The van der Waals surface area contributed by atoms with Crippen LogP contribution >= 0.6 is 27.3 Å². The fourth-order valence-electron chi connectivity index (χ4n) is 1.50. The molecule has 0 amide bonds. The lowest BCUT2D eigenvalue weighted by Gasteiger charge is -2.10. The van der Waals surface area contributed by atoms with Crippen molar-refractivity contribution >= 4 is 38.9 Å². The molecule has 0 saturated carbocycles. The first-order chi connectivity index (χ1) is 8.22. The lowest BCUT2D eigenvalue weighted by Crippen LogP contribution is -2.05. The fraction of sp³-hybridized carbons (Fsp3) is 0.273. The molecule has 17 heavy (non-hydrogen) atoms. The van der Waals surface area contributed by atoms with Crippen LogP contribution in [-0.4, -0.2) is 17.0 Å². The molecule has 0 aliphatic carbocycles. The van der Waals surface area contributed by atoms with Gasteiger partial charge in [-0.1, -0.05) is 0 Å². The SMILES string of the molecule is CNc1ncnc(NCc2sccc2Br)c1C. The van der Waals surface area contributed by atoms with E-state index in [-0.39, 0.29) is 0 Å². The van der Waals surface area contributed by atoms with E-state index in [0.717, 1.165) is 28.2 Å². The average Bonchev–Trinajstić information content (AvgIpc) is 2.74. The number of hydrogen-bond acceptors (Lipinski definition) is 5. The second-order valence-corrected chi connectivity index (χ2v) is 5.35. The Labute approximate surface area is 113 Å². The van der Waals surface area contributed by atoms with E-state index in [4.69, 9.17) is 0 Å². The van der Waals surface area contributed by atoms with Gasteiger partial charge < -0.3 is 10.6 Å². The van der Waals surface area contributed by atoms with Gasteiger partial charge in [0.15, 0.2) is 0 Å². The molecule has 0 aliphatic rings. The number of anilines is 2. The molecule has 2 aromatic heterocycles. The monoisotopic (exact) mass is 312 g/mol. The van der Waals surface area contributed by atoms with Crippen molar-refractivity contribution in [3.05, 3.63) is 32.7 Å². The Kier molecular flexibility index (Phi) is 3.96. The van der Waals surface area contributed by atoms with Gasteiger partial charge in [0.25, 0.3) is 0 Å². The molecule has 2 N–H and O–H groups in total. The number of nitrogens with zero attached hydrogens (tertiary/aromatic N) is 2. The Morgan fingerprint density at radius 1 is 1.35 bits per heavy atom. The van der Waals surface area contributed by atoms with Crippen LogP contribution in [0.25, 0.3) is 0 Å². The minimum atomic E-state index is 0.763. The molecular weight excluding hydrogens is 300 g/mol. The molecule has 0 aromatic carbocycles. The molecule has 0 unspecified atom stereocenters. The summed E-state index contributed by atoms with van der Waals surface area (Å²) in [4.78, 5) is 9.65. The molecule has 0 radical (unpaired) electrons. The van der Waals surface area contributed by atoms with Crippen molar-refractivity contribution in [1.29, 1.82) is 0 Å². The zero-order valence-electron chi connectivity index (χ0n) is 9.62. The van der Waals surface area contributed by atoms with E-state index in [0.29, 0.717) is 0 Å². The zero-order valence-corrected chi connectivity index (χ0v) is 12.0. The number of aromatic nitrogens is 2. The molecule has 90 valence electrons. The van der Waals surface area contributed by atoms with Crippen LogP contribution in [0.3, 0.4) is 0 Å². The first kappa shape index (κ1) is 12.3. The molecule has 0 saturated heterocycles. The standard InChI is InChI=1S/C11H13BrN4S/c1-7-10(13-2)15-6-16-11(7)14-5-9-8(12)3-4-17-9/h3-4,6H,5H2,1-2H3,(H2,13,14,15,16). The molecule has 0 atom stereocenters. The first-order valence-electron chi connectivity index (χ1n) is 5.17. The lowest BCUT2D eigenvalue weighted by atomic mass is 10.3. The van der Waals surface area contributed by atoms with Crippen LogP contribution in [0.1, 0.15) is 10.4 Å². The van der Waals surface area contributed by atoms with Gasteiger partial charge in [-0.05, 0) is 34.3 Å². The Morgan fingerprint density at radius 3 is 2.76 bits per heavy atom. The third kappa shape index (κ3) is 2.76. The van der Waals surface area contributed by atoms with E-state index in [9.17, 15) is 0 Å². The molecule has 0 aliphatic heterocycles. The van der Waals surface area contributed by atoms with Crippen LogP contribution in [0, 0.1) is 6.92 Å². The molecule has 2 heterocycles. The fourth-order valence-corrected chi connectivity index (χ4v) is 2.93. The summed E-state index contributed by atoms with van der Waals surface area (Å²) in [5.41, 5.74) is 1.03. The highest BCUT2D eigenvalue weighted by Gasteiger charge is 2.06. The van der Waals surface area contributed by atoms with Crippen molar-refractivity contribution in [3.8, 4) is 0 Å². The van der Waals surface area contributed by atoms with Crippen molar-refractivity contribution in [2.24, 2.45) is 0 Å². The van der Waals surface area contributed by atoms with Gasteiger partial charge in [-0.15, -0.1) is 11.3 Å².